The Balaban J connectivity index is 1.60. The number of hydrogen-bond donors (Lipinski definition) is 1. The predicted molar refractivity (Wildman–Crippen MR) is 128 cm³/mol. The molecule has 3 aromatic rings. The number of hydrogen-bond acceptors (Lipinski definition) is 4. The van der Waals surface area contributed by atoms with E-state index in [-0.39, 0.29) is 11.6 Å². The van der Waals surface area contributed by atoms with Gasteiger partial charge in [0.1, 0.15) is 0 Å². The van der Waals surface area contributed by atoms with Crippen molar-refractivity contribution >= 4 is 6.09 Å². The summed E-state index contributed by atoms with van der Waals surface area (Å²) in [6.07, 6.45) is 1.65. The summed E-state index contributed by atoms with van der Waals surface area (Å²) in [5.41, 5.74) is 1.63. The van der Waals surface area contributed by atoms with Gasteiger partial charge in [-0.1, -0.05) is 54.6 Å². The minimum absolute atomic E-state index is 0.0613. The zero-order chi connectivity index (χ0) is 23.8. The van der Waals surface area contributed by atoms with E-state index in [0.717, 1.165) is 22.3 Å². The lowest BCUT2D eigenvalue weighted by molar-refractivity contribution is -0.0327. The Bertz CT molecular complexity index is 1200. The molecule has 1 fully saturated rings. The highest BCUT2D eigenvalue weighted by Gasteiger charge is 2.50. The topological polar surface area (TPSA) is 71.8 Å². The fourth-order valence-corrected chi connectivity index (χ4v) is 4.54. The van der Waals surface area contributed by atoms with Gasteiger partial charge in [-0.05, 0) is 49.1 Å². The molecule has 0 radical (unpaired) electrons. The molecule has 4 rings (SSSR count). The number of amides is 1. The van der Waals surface area contributed by atoms with Crippen molar-refractivity contribution in [3.05, 3.63) is 94.4 Å². The van der Waals surface area contributed by atoms with E-state index in [1.165, 1.54) is 4.57 Å². The van der Waals surface area contributed by atoms with Gasteiger partial charge < -0.3 is 14.4 Å². The van der Waals surface area contributed by atoms with E-state index in [2.05, 4.69) is 0 Å². The minimum atomic E-state index is -1.01. The SMILES string of the molecule is C[C@@H](c1ccc(-c2ccn(C)c(=O)c2)cc1)N1C[C@@](CC(C)(C)O)(c2ccccc2)OC1=O. The maximum atomic E-state index is 13.0. The van der Waals surface area contributed by atoms with Crippen molar-refractivity contribution in [2.75, 3.05) is 6.54 Å². The van der Waals surface area contributed by atoms with Gasteiger partial charge in [0.25, 0.3) is 5.56 Å². The molecule has 0 unspecified atom stereocenters. The fourth-order valence-electron chi connectivity index (χ4n) is 4.54. The van der Waals surface area contributed by atoms with Crippen molar-refractivity contribution in [2.45, 2.75) is 44.4 Å². The summed E-state index contributed by atoms with van der Waals surface area (Å²) >= 11 is 0. The van der Waals surface area contributed by atoms with E-state index in [0.29, 0.717) is 13.0 Å². The molecular weight excluding hydrogens is 416 g/mol. The lowest BCUT2D eigenvalue weighted by Gasteiger charge is -2.33. The van der Waals surface area contributed by atoms with Gasteiger partial charge in [-0.25, -0.2) is 4.79 Å². The summed E-state index contributed by atoms with van der Waals surface area (Å²) in [4.78, 5) is 26.7. The number of rotatable bonds is 6. The molecule has 1 aliphatic heterocycles. The van der Waals surface area contributed by atoms with Crippen molar-refractivity contribution < 1.29 is 14.6 Å². The van der Waals surface area contributed by atoms with Crippen LogP contribution in [0.2, 0.25) is 0 Å². The average molecular weight is 447 g/mol. The molecule has 1 saturated heterocycles. The smallest absolute Gasteiger partial charge is 0.411 e. The molecule has 0 saturated carbocycles. The number of nitrogens with zero attached hydrogens (tertiary/aromatic N) is 2. The third-order valence-electron chi connectivity index (χ3n) is 6.26. The van der Waals surface area contributed by atoms with Gasteiger partial charge >= 0.3 is 6.09 Å². The Morgan fingerprint density at radius 2 is 1.70 bits per heavy atom. The van der Waals surface area contributed by atoms with Crippen LogP contribution in [0.3, 0.4) is 0 Å². The monoisotopic (exact) mass is 446 g/mol. The maximum absolute atomic E-state index is 13.0. The van der Waals surface area contributed by atoms with E-state index < -0.39 is 17.3 Å². The van der Waals surface area contributed by atoms with Crippen LogP contribution in [0.1, 0.15) is 44.4 Å². The number of aliphatic hydroxyl groups is 1. The Kier molecular flexibility index (Phi) is 5.89. The Morgan fingerprint density at radius 1 is 1.03 bits per heavy atom. The molecule has 0 spiro atoms. The normalized spacial score (nSPS) is 19.4. The molecule has 0 bridgehead atoms. The minimum Gasteiger partial charge on any atom is -0.436 e. The molecule has 0 aliphatic carbocycles. The lowest BCUT2D eigenvalue weighted by Crippen LogP contribution is -2.39. The lowest BCUT2D eigenvalue weighted by atomic mass is 9.83. The first kappa shape index (κ1) is 22.8. The van der Waals surface area contributed by atoms with Crippen LogP contribution in [-0.4, -0.2) is 32.8 Å². The molecule has 33 heavy (non-hydrogen) atoms. The number of cyclic esters (lactones) is 1. The van der Waals surface area contributed by atoms with Crippen LogP contribution in [-0.2, 0) is 17.4 Å². The molecule has 1 N–H and O–H groups in total. The van der Waals surface area contributed by atoms with Crippen molar-refractivity contribution in [1.82, 2.24) is 9.47 Å². The molecule has 2 atom stereocenters. The number of aromatic nitrogens is 1. The maximum Gasteiger partial charge on any atom is 0.411 e. The third-order valence-corrected chi connectivity index (χ3v) is 6.26. The standard InChI is InChI=1S/C27H30N2O4/c1-19(20-10-12-21(13-11-20)22-14-15-28(4)24(30)16-22)29-18-27(33-25(29)31,17-26(2,3)32)23-8-6-5-7-9-23/h5-16,19,32H,17-18H2,1-4H3/t19-,27-/m0/s1. The van der Waals surface area contributed by atoms with Crippen LogP contribution < -0.4 is 5.56 Å². The summed E-state index contributed by atoms with van der Waals surface area (Å²) in [5.74, 6) is 0. The summed E-state index contributed by atoms with van der Waals surface area (Å²) < 4.78 is 7.51. The quantitative estimate of drug-likeness (QED) is 0.600. The van der Waals surface area contributed by atoms with Crippen LogP contribution in [0.25, 0.3) is 11.1 Å². The Hall–Kier alpha value is -3.38. The highest BCUT2D eigenvalue weighted by atomic mass is 16.6. The van der Waals surface area contributed by atoms with E-state index in [1.54, 1.807) is 38.1 Å². The highest BCUT2D eigenvalue weighted by molar-refractivity contribution is 5.72. The first-order valence-electron chi connectivity index (χ1n) is 11.1. The van der Waals surface area contributed by atoms with E-state index in [9.17, 15) is 14.7 Å². The zero-order valence-corrected chi connectivity index (χ0v) is 19.5. The number of carbonyl (C=O) groups is 1. The number of aryl methyl sites for hydroxylation is 1. The number of carbonyl (C=O) groups excluding carboxylic acids is 1. The van der Waals surface area contributed by atoms with Crippen LogP contribution in [0, 0.1) is 0 Å². The zero-order valence-electron chi connectivity index (χ0n) is 19.5. The van der Waals surface area contributed by atoms with Gasteiger partial charge in [0.05, 0.1) is 18.2 Å². The second kappa shape index (κ2) is 8.52. The highest BCUT2D eigenvalue weighted by Crippen LogP contribution is 2.42. The van der Waals surface area contributed by atoms with Crippen LogP contribution in [0.4, 0.5) is 4.79 Å². The van der Waals surface area contributed by atoms with Crippen molar-refractivity contribution in [3.63, 3.8) is 0 Å². The molecular formula is C27H30N2O4. The second-order valence-electron chi connectivity index (χ2n) is 9.51. The fraction of sp³-hybridized carbons (Fsp3) is 0.333. The van der Waals surface area contributed by atoms with Gasteiger partial charge in [-0.2, -0.15) is 0 Å². The van der Waals surface area contributed by atoms with Gasteiger partial charge in [0.15, 0.2) is 5.60 Å². The summed E-state index contributed by atoms with van der Waals surface area (Å²) in [5, 5.41) is 10.6. The average Bonchev–Trinajstić information content (AvgIpc) is 3.11. The van der Waals surface area contributed by atoms with Crippen LogP contribution >= 0.6 is 0 Å². The Morgan fingerprint density at radius 3 is 2.30 bits per heavy atom. The van der Waals surface area contributed by atoms with E-state index in [4.69, 9.17) is 4.74 Å². The first-order chi connectivity index (χ1) is 15.6. The number of pyridine rings is 1. The summed E-state index contributed by atoms with van der Waals surface area (Å²) in [7, 11) is 1.72. The van der Waals surface area contributed by atoms with E-state index in [1.807, 2.05) is 67.6 Å². The van der Waals surface area contributed by atoms with Crippen LogP contribution in [0.5, 0.6) is 0 Å². The van der Waals surface area contributed by atoms with Gasteiger partial charge in [0.2, 0.25) is 0 Å². The molecule has 6 heteroatoms. The van der Waals surface area contributed by atoms with Crippen molar-refractivity contribution in [2.24, 2.45) is 7.05 Å². The Labute approximate surface area is 194 Å². The van der Waals surface area contributed by atoms with E-state index >= 15 is 0 Å². The van der Waals surface area contributed by atoms with Crippen molar-refractivity contribution in [1.29, 1.82) is 0 Å². The van der Waals surface area contributed by atoms with Crippen molar-refractivity contribution in [3.8, 4) is 11.1 Å². The second-order valence-corrected chi connectivity index (χ2v) is 9.51. The molecule has 172 valence electrons. The molecule has 6 nitrogen and oxygen atoms in total. The van der Waals surface area contributed by atoms with Crippen LogP contribution in [0.15, 0.2) is 77.7 Å². The predicted octanol–water partition coefficient (Wildman–Crippen LogP) is 4.62. The summed E-state index contributed by atoms with van der Waals surface area (Å²) in [6.45, 7) is 5.78. The molecule has 2 aromatic carbocycles. The molecule has 2 heterocycles. The number of ether oxygens (including phenoxy) is 1. The largest absolute Gasteiger partial charge is 0.436 e. The summed E-state index contributed by atoms with van der Waals surface area (Å²) in [6, 6.07) is 20.8. The molecule has 1 aliphatic rings. The number of benzene rings is 2. The first-order valence-corrected chi connectivity index (χ1v) is 11.1. The third kappa shape index (κ3) is 4.71. The van der Waals surface area contributed by atoms with Gasteiger partial charge in [-0.3, -0.25) is 9.69 Å². The van der Waals surface area contributed by atoms with Gasteiger partial charge in [-0.15, -0.1) is 0 Å². The molecule has 1 amide bonds. The van der Waals surface area contributed by atoms with Gasteiger partial charge in [0, 0.05) is 25.7 Å². The molecule has 1 aromatic heterocycles.